The second-order valence-corrected chi connectivity index (χ2v) is 6.56. The van der Waals surface area contributed by atoms with Crippen molar-refractivity contribution >= 4 is 12.0 Å². The number of ether oxygens (including phenoxy) is 1. The van der Waals surface area contributed by atoms with Crippen LogP contribution in [0.5, 0.6) is 0 Å². The number of carbonyl (C=O) groups is 2. The average molecular weight is 296 g/mol. The molecular formula is C15H24N2O4. The van der Waals surface area contributed by atoms with Gasteiger partial charge in [-0.25, -0.2) is 4.79 Å². The van der Waals surface area contributed by atoms with Crippen molar-refractivity contribution in [1.82, 2.24) is 10.2 Å². The predicted molar refractivity (Wildman–Crippen MR) is 75.9 cm³/mol. The number of hydrogen-bond acceptors (Lipinski definition) is 3. The third-order valence-electron chi connectivity index (χ3n) is 4.77. The Morgan fingerprint density at radius 1 is 1.24 bits per heavy atom. The maximum atomic E-state index is 12.2. The smallest absolute Gasteiger partial charge is 0.317 e. The van der Waals surface area contributed by atoms with Crippen LogP contribution in [0.2, 0.25) is 0 Å². The summed E-state index contributed by atoms with van der Waals surface area (Å²) in [7, 11) is 0. The van der Waals surface area contributed by atoms with E-state index < -0.39 is 5.97 Å². The highest BCUT2D eigenvalue weighted by atomic mass is 16.5. The quantitative estimate of drug-likeness (QED) is 0.774. The number of hydrogen-bond donors (Lipinski definition) is 2. The molecule has 0 spiro atoms. The minimum atomic E-state index is -0.884. The largest absolute Gasteiger partial charge is 0.481 e. The van der Waals surface area contributed by atoms with Gasteiger partial charge >= 0.3 is 12.0 Å². The van der Waals surface area contributed by atoms with Crippen molar-refractivity contribution in [3.05, 3.63) is 0 Å². The van der Waals surface area contributed by atoms with Crippen LogP contribution >= 0.6 is 0 Å². The number of carboxylic acid groups (broad SMARTS) is 1. The van der Waals surface area contributed by atoms with E-state index in [0.29, 0.717) is 25.6 Å². The van der Waals surface area contributed by atoms with Crippen molar-refractivity contribution in [2.24, 2.45) is 17.8 Å². The normalized spacial score (nSPS) is 26.0. The first-order valence-corrected chi connectivity index (χ1v) is 7.99. The molecule has 0 aromatic rings. The van der Waals surface area contributed by atoms with Gasteiger partial charge in [-0.2, -0.15) is 0 Å². The summed E-state index contributed by atoms with van der Waals surface area (Å²) in [5, 5.41) is 11.9. The number of nitrogens with zero attached hydrogens (tertiary/aromatic N) is 1. The highest BCUT2D eigenvalue weighted by molar-refractivity contribution is 5.74. The minimum absolute atomic E-state index is 0.0451. The van der Waals surface area contributed by atoms with Gasteiger partial charge < -0.3 is 20.1 Å². The van der Waals surface area contributed by atoms with E-state index in [1.54, 1.807) is 4.90 Å². The lowest BCUT2D eigenvalue weighted by Gasteiger charge is -2.32. The molecule has 2 N–H and O–H groups in total. The predicted octanol–water partition coefficient (Wildman–Crippen LogP) is 1.31. The van der Waals surface area contributed by atoms with Crippen LogP contribution in [0, 0.1) is 17.8 Å². The summed E-state index contributed by atoms with van der Waals surface area (Å²) >= 11 is 0. The number of carbonyl (C=O) groups excluding carboxylic acids is 1. The van der Waals surface area contributed by atoms with E-state index in [0.717, 1.165) is 18.4 Å². The third-order valence-corrected chi connectivity index (χ3v) is 4.77. The summed E-state index contributed by atoms with van der Waals surface area (Å²) < 4.78 is 5.39. The van der Waals surface area contributed by atoms with Gasteiger partial charge in [0.1, 0.15) is 0 Å². The van der Waals surface area contributed by atoms with Gasteiger partial charge in [-0.05, 0) is 43.4 Å². The molecule has 1 heterocycles. The Bertz CT molecular complexity index is 394. The molecule has 6 nitrogen and oxygen atoms in total. The number of carboxylic acids is 1. The summed E-state index contributed by atoms with van der Waals surface area (Å²) in [5.41, 5.74) is 0. The van der Waals surface area contributed by atoms with Gasteiger partial charge in [-0.15, -0.1) is 0 Å². The highest BCUT2D eigenvalue weighted by Crippen LogP contribution is 2.48. The molecule has 3 rings (SSSR count). The minimum Gasteiger partial charge on any atom is -0.481 e. The van der Waals surface area contributed by atoms with Gasteiger partial charge in [-0.3, -0.25) is 4.79 Å². The number of nitrogens with one attached hydrogen (secondary N) is 1. The van der Waals surface area contributed by atoms with Crippen LogP contribution in [0.15, 0.2) is 0 Å². The van der Waals surface area contributed by atoms with Crippen LogP contribution in [0.3, 0.4) is 0 Å². The molecule has 3 fully saturated rings. The molecule has 0 aromatic heterocycles. The van der Waals surface area contributed by atoms with Crippen LogP contribution in [0.25, 0.3) is 0 Å². The first-order chi connectivity index (χ1) is 10.1. The lowest BCUT2D eigenvalue weighted by atomic mass is 9.98. The van der Waals surface area contributed by atoms with Crippen molar-refractivity contribution in [3.8, 4) is 0 Å². The molecule has 2 amide bonds. The second kappa shape index (κ2) is 6.22. The zero-order valence-corrected chi connectivity index (χ0v) is 12.3. The molecule has 0 radical (unpaired) electrons. The standard InChI is InChI=1S/C15H24N2O4/c18-14(19)7-12-9-17(5-6-21-12)15(20)16-8-13(10-1-2-10)11-3-4-11/h10-13H,1-9H2,(H,16,20)(H,18,19). The molecule has 118 valence electrons. The van der Waals surface area contributed by atoms with Crippen LogP contribution in [0.1, 0.15) is 32.1 Å². The number of rotatable bonds is 6. The van der Waals surface area contributed by atoms with E-state index in [1.165, 1.54) is 25.7 Å². The van der Waals surface area contributed by atoms with E-state index in [-0.39, 0.29) is 18.6 Å². The lowest BCUT2D eigenvalue weighted by Crippen LogP contribution is -2.50. The molecule has 6 heteroatoms. The Balaban J connectivity index is 1.44. The van der Waals surface area contributed by atoms with E-state index in [9.17, 15) is 9.59 Å². The number of urea groups is 1. The molecule has 1 saturated heterocycles. The Labute approximate surface area is 124 Å². The highest BCUT2D eigenvalue weighted by Gasteiger charge is 2.41. The van der Waals surface area contributed by atoms with Crippen LogP contribution < -0.4 is 5.32 Å². The first-order valence-electron chi connectivity index (χ1n) is 7.99. The number of aliphatic carboxylic acids is 1. The fourth-order valence-corrected chi connectivity index (χ4v) is 3.31. The van der Waals surface area contributed by atoms with E-state index in [4.69, 9.17) is 9.84 Å². The van der Waals surface area contributed by atoms with E-state index in [1.807, 2.05) is 0 Å². The average Bonchev–Trinajstić information content (AvgIpc) is 3.32. The monoisotopic (exact) mass is 296 g/mol. The second-order valence-electron chi connectivity index (χ2n) is 6.56. The van der Waals surface area contributed by atoms with Crippen LogP contribution in [0.4, 0.5) is 4.79 Å². The van der Waals surface area contributed by atoms with Crippen molar-refractivity contribution in [2.75, 3.05) is 26.2 Å². The van der Waals surface area contributed by atoms with Crippen molar-refractivity contribution in [3.63, 3.8) is 0 Å². The van der Waals surface area contributed by atoms with Gasteiger partial charge in [0.25, 0.3) is 0 Å². The molecule has 2 aliphatic carbocycles. The summed E-state index contributed by atoms with van der Waals surface area (Å²) in [4.78, 5) is 24.6. The Morgan fingerprint density at radius 3 is 2.48 bits per heavy atom. The zero-order valence-electron chi connectivity index (χ0n) is 12.3. The number of morpholine rings is 1. The summed E-state index contributed by atoms with van der Waals surface area (Å²) in [6.07, 6.45) is 4.83. The Kier molecular flexibility index (Phi) is 4.33. The third kappa shape index (κ3) is 4.09. The van der Waals surface area contributed by atoms with Gasteiger partial charge in [-0.1, -0.05) is 0 Å². The zero-order chi connectivity index (χ0) is 14.8. The van der Waals surface area contributed by atoms with Gasteiger partial charge in [0, 0.05) is 19.6 Å². The Morgan fingerprint density at radius 2 is 1.90 bits per heavy atom. The van der Waals surface area contributed by atoms with Crippen LogP contribution in [-0.2, 0) is 9.53 Å². The summed E-state index contributed by atoms with van der Waals surface area (Å²) in [6, 6.07) is -0.0695. The van der Waals surface area contributed by atoms with E-state index in [2.05, 4.69) is 5.32 Å². The molecule has 3 aliphatic rings. The fraction of sp³-hybridized carbons (Fsp3) is 0.867. The SMILES string of the molecule is O=C(O)CC1CN(C(=O)NCC(C2CC2)C2CC2)CCO1. The molecule has 1 aliphatic heterocycles. The molecule has 21 heavy (non-hydrogen) atoms. The summed E-state index contributed by atoms with van der Waals surface area (Å²) in [5.74, 6) is 1.42. The molecule has 0 bridgehead atoms. The summed E-state index contributed by atoms with van der Waals surface area (Å²) in [6.45, 7) is 2.10. The molecule has 1 atom stereocenters. The number of amides is 2. The maximum absolute atomic E-state index is 12.2. The fourth-order valence-electron chi connectivity index (χ4n) is 3.31. The molecular weight excluding hydrogens is 272 g/mol. The first kappa shape index (κ1) is 14.6. The molecule has 2 saturated carbocycles. The van der Waals surface area contributed by atoms with Crippen molar-refractivity contribution in [1.29, 1.82) is 0 Å². The van der Waals surface area contributed by atoms with E-state index >= 15 is 0 Å². The molecule has 1 unspecified atom stereocenters. The lowest BCUT2D eigenvalue weighted by molar-refractivity contribution is -0.141. The van der Waals surface area contributed by atoms with Gasteiger partial charge in [0.2, 0.25) is 0 Å². The molecule has 0 aromatic carbocycles. The van der Waals surface area contributed by atoms with Gasteiger partial charge in [0.15, 0.2) is 0 Å². The van der Waals surface area contributed by atoms with Crippen molar-refractivity contribution < 1.29 is 19.4 Å². The topological polar surface area (TPSA) is 78.9 Å². The van der Waals surface area contributed by atoms with Gasteiger partial charge in [0.05, 0.1) is 19.1 Å². The van der Waals surface area contributed by atoms with Crippen LogP contribution in [-0.4, -0.2) is 54.4 Å². The van der Waals surface area contributed by atoms with Crippen molar-refractivity contribution in [2.45, 2.75) is 38.2 Å². The maximum Gasteiger partial charge on any atom is 0.317 e. The Hall–Kier alpha value is -1.30.